The van der Waals surface area contributed by atoms with E-state index in [1.54, 1.807) is 17.0 Å². The summed E-state index contributed by atoms with van der Waals surface area (Å²) in [5.41, 5.74) is 0.909. The van der Waals surface area contributed by atoms with Gasteiger partial charge in [-0.05, 0) is 48.1 Å². The van der Waals surface area contributed by atoms with Gasteiger partial charge in [0.25, 0.3) is 0 Å². The molecule has 3 aromatic rings. The maximum atomic E-state index is 13.0. The van der Waals surface area contributed by atoms with Gasteiger partial charge in [0.1, 0.15) is 5.82 Å². The minimum atomic E-state index is -0.270. The highest BCUT2D eigenvalue weighted by Crippen LogP contribution is 2.27. The maximum absolute atomic E-state index is 13.0. The summed E-state index contributed by atoms with van der Waals surface area (Å²) in [6.45, 7) is 1.26. The third-order valence-electron chi connectivity index (χ3n) is 4.56. The van der Waals surface area contributed by atoms with Gasteiger partial charge in [-0.2, -0.15) is 0 Å². The fourth-order valence-corrected chi connectivity index (χ4v) is 3.78. The monoisotopic (exact) mass is 386 g/mol. The fourth-order valence-electron chi connectivity index (χ4n) is 3.18. The average molecular weight is 386 g/mol. The van der Waals surface area contributed by atoms with E-state index in [1.807, 2.05) is 17.5 Å². The van der Waals surface area contributed by atoms with E-state index >= 15 is 0 Å². The normalized spacial score (nSPS) is 17.1. The van der Waals surface area contributed by atoms with Gasteiger partial charge in [-0.1, -0.05) is 12.1 Å². The van der Waals surface area contributed by atoms with Crippen LogP contribution in [0.3, 0.4) is 0 Å². The average Bonchev–Trinajstić information content (AvgIpc) is 3.36. The second-order valence-corrected chi connectivity index (χ2v) is 7.48. The van der Waals surface area contributed by atoms with E-state index in [0.29, 0.717) is 31.3 Å². The Labute approximate surface area is 160 Å². The highest BCUT2D eigenvalue weighted by Gasteiger charge is 2.28. The largest absolute Gasteiger partial charge is 0.425 e. The molecule has 0 unspecified atom stereocenters. The molecular weight excluding hydrogens is 367 g/mol. The summed E-state index contributed by atoms with van der Waals surface area (Å²) in [6.07, 6.45) is 2.25. The Morgan fingerprint density at radius 3 is 2.93 bits per heavy atom. The predicted molar refractivity (Wildman–Crippen MR) is 100 cm³/mol. The lowest BCUT2D eigenvalue weighted by Crippen LogP contribution is -2.41. The van der Waals surface area contributed by atoms with Crippen LogP contribution in [0.1, 0.15) is 36.1 Å². The van der Waals surface area contributed by atoms with E-state index in [0.717, 1.165) is 23.4 Å². The number of urea groups is 1. The molecule has 2 aromatic heterocycles. The fraction of sp³-hybridized carbons (Fsp3) is 0.316. The molecule has 0 saturated carbocycles. The van der Waals surface area contributed by atoms with Crippen molar-refractivity contribution in [3.8, 4) is 0 Å². The molecule has 1 aliphatic rings. The van der Waals surface area contributed by atoms with E-state index in [1.165, 1.54) is 23.5 Å². The Morgan fingerprint density at radius 2 is 2.15 bits per heavy atom. The van der Waals surface area contributed by atoms with Crippen molar-refractivity contribution in [2.45, 2.75) is 25.2 Å². The van der Waals surface area contributed by atoms with Crippen molar-refractivity contribution in [2.24, 2.45) is 0 Å². The minimum Gasteiger partial charge on any atom is -0.425 e. The van der Waals surface area contributed by atoms with Crippen LogP contribution in [0, 0.1) is 5.82 Å². The molecule has 1 saturated heterocycles. The Morgan fingerprint density at radius 1 is 1.30 bits per heavy atom. The summed E-state index contributed by atoms with van der Waals surface area (Å²) >= 11 is 1.49. The number of anilines is 1. The van der Waals surface area contributed by atoms with Gasteiger partial charge in [-0.25, -0.2) is 9.18 Å². The standard InChI is InChI=1S/C19H19FN4O2S/c20-15-7-5-13(6-8-15)11-16-22-23-18(26-16)14-3-1-9-24(12-14)19(25)21-17-4-2-10-27-17/h2,4-8,10,14H,1,3,9,11-12H2,(H,21,25)/t14-/m1/s1. The number of likely N-dealkylation sites (tertiary alicyclic amines) is 1. The molecule has 4 rings (SSSR count). The minimum absolute atomic E-state index is 0.0299. The van der Waals surface area contributed by atoms with E-state index < -0.39 is 0 Å². The van der Waals surface area contributed by atoms with Gasteiger partial charge in [0.15, 0.2) is 0 Å². The molecule has 140 valence electrons. The number of halogens is 1. The Bertz CT molecular complexity index is 895. The van der Waals surface area contributed by atoms with Gasteiger partial charge in [-0.3, -0.25) is 5.32 Å². The lowest BCUT2D eigenvalue weighted by atomic mass is 9.98. The second-order valence-electron chi connectivity index (χ2n) is 6.53. The predicted octanol–water partition coefficient (Wildman–Crippen LogP) is 4.27. The van der Waals surface area contributed by atoms with Crippen molar-refractivity contribution < 1.29 is 13.6 Å². The van der Waals surface area contributed by atoms with Gasteiger partial charge >= 0.3 is 6.03 Å². The third kappa shape index (κ3) is 4.33. The topological polar surface area (TPSA) is 71.3 Å². The third-order valence-corrected chi connectivity index (χ3v) is 5.35. The zero-order valence-corrected chi connectivity index (χ0v) is 15.4. The van der Waals surface area contributed by atoms with E-state index in [9.17, 15) is 9.18 Å². The van der Waals surface area contributed by atoms with Crippen molar-refractivity contribution in [1.82, 2.24) is 15.1 Å². The summed E-state index contributed by atoms with van der Waals surface area (Å²) in [5, 5.41) is 14.0. The molecule has 0 spiro atoms. The van der Waals surface area contributed by atoms with Gasteiger partial charge in [0.2, 0.25) is 11.8 Å². The second kappa shape index (κ2) is 7.87. The van der Waals surface area contributed by atoms with Crippen molar-refractivity contribution in [2.75, 3.05) is 18.4 Å². The lowest BCUT2D eigenvalue weighted by Gasteiger charge is -2.30. The van der Waals surface area contributed by atoms with Crippen molar-refractivity contribution >= 4 is 22.4 Å². The van der Waals surface area contributed by atoms with Crippen molar-refractivity contribution in [3.63, 3.8) is 0 Å². The summed E-state index contributed by atoms with van der Waals surface area (Å²) in [6, 6.07) is 9.92. The number of piperidine rings is 1. The first-order valence-electron chi connectivity index (χ1n) is 8.83. The first-order valence-corrected chi connectivity index (χ1v) is 9.71. The number of rotatable bonds is 4. The lowest BCUT2D eigenvalue weighted by molar-refractivity contribution is 0.186. The zero-order valence-electron chi connectivity index (χ0n) is 14.6. The quantitative estimate of drug-likeness (QED) is 0.727. The molecular formula is C19H19FN4O2S. The molecule has 0 radical (unpaired) electrons. The maximum Gasteiger partial charge on any atom is 0.322 e. The van der Waals surface area contributed by atoms with Crippen LogP contribution < -0.4 is 5.32 Å². The highest BCUT2D eigenvalue weighted by molar-refractivity contribution is 7.14. The van der Waals surface area contributed by atoms with E-state index in [4.69, 9.17) is 4.42 Å². The molecule has 1 N–H and O–H groups in total. The van der Waals surface area contributed by atoms with Crippen LogP contribution in [-0.4, -0.2) is 34.2 Å². The first kappa shape index (κ1) is 17.7. The van der Waals surface area contributed by atoms with Crippen LogP contribution in [0.4, 0.5) is 14.2 Å². The summed E-state index contributed by atoms with van der Waals surface area (Å²) in [4.78, 5) is 14.2. The number of amides is 2. The van der Waals surface area contributed by atoms with Crippen molar-refractivity contribution in [3.05, 3.63) is 64.9 Å². The number of hydrogen-bond acceptors (Lipinski definition) is 5. The number of benzene rings is 1. The number of hydrogen-bond donors (Lipinski definition) is 1. The highest BCUT2D eigenvalue weighted by atomic mass is 32.1. The van der Waals surface area contributed by atoms with Crippen LogP contribution in [0.2, 0.25) is 0 Å². The Balaban J connectivity index is 1.39. The van der Waals surface area contributed by atoms with Crippen LogP contribution in [0.15, 0.2) is 46.2 Å². The van der Waals surface area contributed by atoms with Crippen LogP contribution >= 0.6 is 11.3 Å². The molecule has 27 heavy (non-hydrogen) atoms. The Kier molecular flexibility index (Phi) is 5.15. The molecule has 0 aliphatic carbocycles. The molecule has 2 amide bonds. The summed E-state index contributed by atoms with van der Waals surface area (Å²) in [5.74, 6) is 0.813. The molecule has 1 aromatic carbocycles. The Hall–Kier alpha value is -2.74. The van der Waals surface area contributed by atoms with Crippen LogP contribution in [-0.2, 0) is 6.42 Å². The van der Waals surface area contributed by atoms with Gasteiger partial charge in [0, 0.05) is 13.1 Å². The summed E-state index contributed by atoms with van der Waals surface area (Å²) in [7, 11) is 0. The van der Waals surface area contributed by atoms with Crippen LogP contribution in [0.25, 0.3) is 0 Å². The smallest absolute Gasteiger partial charge is 0.322 e. The number of nitrogens with one attached hydrogen (secondary N) is 1. The van der Waals surface area contributed by atoms with Crippen molar-refractivity contribution in [1.29, 1.82) is 0 Å². The molecule has 1 fully saturated rings. The number of carbonyl (C=O) groups excluding carboxylic acids is 1. The molecule has 8 heteroatoms. The van der Waals surface area contributed by atoms with Gasteiger partial charge in [0.05, 0.1) is 17.3 Å². The molecule has 6 nitrogen and oxygen atoms in total. The van der Waals surface area contributed by atoms with E-state index in [2.05, 4.69) is 15.5 Å². The van der Waals surface area contributed by atoms with Crippen LogP contribution in [0.5, 0.6) is 0 Å². The number of nitrogens with zero attached hydrogens (tertiary/aromatic N) is 3. The van der Waals surface area contributed by atoms with E-state index in [-0.39, 0.29) is 17.8 Å². The number of aromatic nitrogens is 2. The number of carbonyl (C=O) groups is 1. The van der Waals surface area contributed by atoms with Gasteiger partial charge < -0.3 is 9.32 Å². The summed E-state index contributed by atoms with van der Waals surface area (Å²) < 4.78 is 18.8. The molecule has 1 atom stereocenters. The number of thiophene rings is 1. The van der Waals surface area contributed by atoms with Gasteiger partial charge in [-0.15, -0.1) is 21.5 Å². The molecule has 0 bridgehead atoms. The first-order chi connectivity index (χ1) is 13.2. The molecule has 3 heterocycles. The zero-order chi connectivity index (χ0) is 18.6. The SMILES string of the molecule is O=C(Nc1cccs1)N1CCC[C@@H](c2nnc(Cc3ccc(F)cc3)o2)C1. The molecule has 1 aliphatic heterocycles.